The van der Waals surface area contributed by atoms with E-state index in [1.165, 1.54) is 0 Å². The maximum Gasteiger partial charge on any atom is 0.253 e. The Morgan fingerprint density at radius 3 is 1.91 bits per heavy atom. The van der Waals surface area contributed by atoms with Crippen molar-refractivity contribution in [1.82, 2.24) is 19.8 Å². The molecule has 0 unspecified atom stereocenters. The number of aromatic nitrogens is 2. The van der Waals surface area contributed by atoms with Crippen LogP contribution in [0, 0.1) is 0 Å². The summed E-state index contributed by atoms with van der Waals surface area (Å²) in [4.78, 5) is 26.1. The van der Waals surface area contributed by atoms with Crippen LogP contribution in [0.3, 0.4) is 0 Å². The third-order valence-electron chi connectivity index (χ3n) is 6.21. The quantitative estimate of drug-likeness (QED) is 0.421. The van der Waals surface area contributed by atoms with E-state index in [0.29, 0.717) is 13.1 Å². The molecule has 34 heavy (non-hydrogen) atoms. The van der Waals surface area contributed by atoms with Crippen LogP contribution in [0.25, 0.3) is 28.2 Å². The highest BCUT2D eigenvalue weighted by Gasteiger charge is 2.23. The Kier molecular flexibility index (Phi) is 6.17. The van der Waals surface area contributed by atoms with Crippen LogP contribution in [0.2, 0.25) is 0 Å². The number of benzene rings is 2. The molecule has 2 aromatic carbocycles. The number of rotatable bonds is 5. The number of piperazine rings is 1. The Morgan fingerprint density at radius 2 is 1.26 bits per heavy atom. The second-order valence-electron chi connectivity index (χ2n) is 8.32. The van der Waals surface area contributed by atoms with Crippen LogP contribution in [0.15, 0.2) is 104 Å². The van der Waals surface area contributed by atoms with Crippen LogP contribution in [0.4, 0.5) is 0 Å². The summed E-state index contributed by atoms with van der Waals surface area (Å²) in [5, 5.41) is 0. The predicted octanol–water partition coefficient (Wildman–Crippen LogP) is 5.24. The standard InChI is InChI=1S/C29H26N4O/c1-22(26-14-15-28(31-21-26)27-9-5-6-16-30-27)32-17-19-33(20-18-32)29(34)25-12-10-24(11-13-25)23-7-3-2-4-8-23/h2-16,21H,1,17-20H2. The maximum absolute atomic E-state index is 13.0. The van der Waals surface area contributed by atoms with E-state index in [1.807, 2.05) is 83.9 Å². The Bertz CT molecular complexity index is 1160. The minimum Gasteiger partial charge on any atom is -0.368 e. The van der Waals surface area contributed by atoms with Gasteiger partial charge in [0.05, 0.1) is 11.4 Å². The molecule has 0 radical (unpaired) electrons. The van der Waals surface area contributed by atoms with Crippen LogP contribution < -0.4 is 0 Å². The van der Waals surface area contributed by atoms with Crippen molar-refractivity contribution in [2.24, 2.45) is 0 Å². The van der Waals surface area contributed by atoms with E-state index in [0.717, 1.165) is 52.4 Å². The van der Waals surface area contributed by atoms with Gasteiger partial charge in [-0.2, -0.15) is 0 Å². The summed E-state index contributed by atoms with van der Waals surface area (Å²) < 4.78 is 0. The van der Waals surface area contributed by atoms with E-state index < -0.39 is 0 Å². The van der Waals surface area contributed by atoms with Crippen LogP contribution in [-0.4, -0.2) is 51.9 Å². The Morgan fingerprint density at radius 1 is 0.647 bits per heavy atom. The van der Waals surface area contributed by atoms with Crippen molar-refractivity contribution in [2.75, 3.05) is 26.2 Å². The zero-order valence-corrected chi connectivity index (χ0v) is 19.0. The number of carbonyl (C=O) groups is 1. The Balaban J connectivity index is 1.19. The minimum absolute atomic E-state index is 0.0752. The summed E-state index contributed by atoms with van der Waals surface area (Å²) in [6.07, 6.45) is 3.61. The maximum atomic E-state index is 13.0. The van der Waals surface area contributed by atoms with Gasteiger partial charge in [-0.1, -0.05) is 55.1 Å². The first-order valence-electron chi connectivity index (χ1n) is 11.5. The number of nitrogens with zero attached hydrogens (tertiary/aromatic N) is 4. The third-order valence-corrected chi connectivity index (χ3v) is 6.21. The molecule has 0 atom stereocenters. The molecule has 1 fully saturated rings. The third kappa shape index (κ3) is 4.59. The second-order valence-corrected chi connectivity index (χ2v) is 8.32. The van der Waals surface area contributed by atoms with Gasteiger partial charge in [-0.25, -0.2) is 0 Å². The fraction of sp³-hybridized carbons (Fsp3) is 0.138. The van der Waals surface area contributed by atoms with Gasteiger partial charge < -0.3 is 9.80 Å². The smallest absolute Gasteiger partial charge is 0.253 e. The lowest BCUT2D eigenvalue weighted by Gasteiger charge is -2.37. The van der Waals surface area contributed by atoms with Gasteiger partial charge in [0.15, 0.2) is 0 Å². The number of amides is 1. The Hall–Kier alpha value is -4.25. The van der Waals surface area contributed by atoms with Crippen molar-refractivity contribution in [3.05, 3.63) is 115 Å². The molecule has 4 aromatic rings. The molecular weight excluding hydrogens is 420 g/mol. The van der Waals surface area contributed by atoms with E-state index in [-0.39, 0.29) is 5.91 Å². The average molecular weight is 447 g/mol. The van der Waals surface area contributed by atoms with Gasteiger partial charge in [0.25, 0.3) is 5.91 Å². The molecular formula is C29H26N4O. The molecule has 0 aliphatic carbocycles. The van der Waals surface area contributed by atoms with Crippen LogP contribution >= 0.6 is 0 Å². The SMILES string of the molecule is C=C(c1ccc(-c2ccccn2)nc1)N1CCN(C(=O)c2ccc(-c3ccccc3)cc2)CC1. The summed E-state index contributed by atoms with van der Waals surface area (Å²) in [7, 11) is 0. The predicted molar refractivity (Wildman–Crippen MR) is 136 cm³/mol. The molecule has 1 aliphatic rings. The number of hydrogen-bond acceptors (Lipinski definition) is 4. The molecule has 0 spiro atoms. The molecule has 0 bridgehead atoms. The zero-order chi connectivity index (χ0) is 23.3. The largest absolute Gasteiger partial charge is 0.368 e. The van der Waals surface area contributed by atoms with E-state index >= 15 is 0 Å². The monoisotopic (exact) mass is 446 g/mol. The number of hydrogen-bond donors (Lipinski definition) is 0. The fourth-order valence-corrected chi connectivity index (χ4v) is 4.21. The lowest BCUT2D eigenvalue weighted by Crippen LogP contribution is -2.47. The highest BCUT2D eigenvalue weighted by atomic mass is 16.2. The van der Waals surface area contributed by atoms with Crippen molar-refractivity contribution < 1.29 is 4.79 Å². The van der Waals surface area contributed by atoms with Gasteiger partial charge in [0.1, 0.15) is 0 Å². The molecule has 5 heteroatoms. The first-order valence-corrected chi connectivity index (χ1v) is 11.5. The first kappa shape index (κ1) is 21.6. The second kappa shape index (κ2) is 9.71. The average Bonchev–Trinajstić information content (AvgIpc) is 2.93. The van der Waals surface area contributed by atoms with Crippen molar-refractivity contribution in [1.29, 1.82) is 0 Å². The lowest BCUT2D eigenvalue weighted by molar-refractivity contribution is 0.0686. The molecule has 1 saturated heterocycles. The van der Waals surface area contributed by atoms with Gasteiger partial charge in [0.2, 0.25) is 0 Å². The van der Waals surface area contributed by atoms with E-state index in [4.69, 9.17) is 0 Å². The molecule has 3 heterocycles. The number of pyridine rings is 2. The van der Waals surface area contributed by atoms with Gasteiger partial charge in [-0.15, -0.1) is 0 Å². The number of carbonyl (C=O) groups excluding carboxylic acids is 1. The first-order chi connectivity index (χ1) is 16.7. The summed E-state index contributed by atoms with van der Waals surface area (Å²) >= 11 is 0. The summed E-state index contributed by atoms with van der Waals surface area (Å²) in [5.41, 5.74) is 6.59. The summed E-state index contributed by atoms with van der Waals surface area (Å²) in [6.45, 7) is 7.10. The highest BCUT2D eigenvalue weighted by molar-refractivity contribution is 5.94. The van der Waals surface area contributed by atoms with Gasteiger partial charge >= 0.3 is 0 Å². The molecule has 0 saturated carbocycles. The van der Waals surface area contributed by atoms with Crippen molar-refractivity contribution in [2.45, 2.75) is 0 Å². The Labute approximate surface area is 200 Å². The zero-order valence-electron chi connectivity index (χ0n) is 19.0. The lowest BCUT2D eigenvalue weighted by atomic mass is 10.0. The van der Waals surface area contributed by atoms with Crippen molar-refractivity contribution in [3.8, 4) is 22.5 Å². The van der Waals surface area contributed by atoms with Crippen molar-refractivity contribution >= 4 is 11.6 Å². The van der Waals surface area contributed by atoms with E-state index in [2.05, 4.69) is 33.6 Å². The molecule has 0 N–H and O–H groups in total. The molecule has 1 aliphatic heterocycles. The normalized spacial score (nSPS) is 13.5. The van der Waals surface area contributed by atoms with Crippen LogP contribution in [0.5, 0.6) is 0 Å². The molecule has 5 nitrogen and oxygen atoms in total. The van der Waals surface area contributed by atoms with Crippen LogP contribution in [-0.2, 0) is 0 Å². The molecule has 168 valence electrons. The molecule has 5 rings (SSSR count). The van der Waals surface area contributed by atoms with Crippen molar-refractivity contribution in [3.63, 3.8) is 0 Å². The minimum atomic E-state index is 0.0752. The van der Waals surface area contributed by atoms with Gasteiger partial charge in [0, 0.05) is 55.4 Å². The summed E-state index contributed by atoms with van der Waals surface area (Å²) in [5.74, 6) is 0.0752. The van der Waals surface area contributed by atoms with Gasteiger partial charge in [-0.3, -0.25) is 14.8 Å². The van der Waals surface area contributed by atoms with Crippen LogP contribution in [0.1, 0.15) is 15.9 Å². The topological polar surface area (TPSA) is 49.3 Å². The van der Waals surface area contributed by atoms with Gasteiger partial charge in [-0.05, 0) is 47.5 Å². The van der Waals surface area contributed by atoms with E-state index in [9.17, 15) is 4.79 Å². The highest BCUT2D eigenvalue weighted by Crippen LogP contribution is 2.23. The molecule has 2 aromatic heterocycles. The molecule has 1 amide bonds. The fourth-order valence-electron chi connectivity index (χ4n) is 4.21. The van der Waals surface area contributed by atoms with E-state index in [1.54, 1.807) is 6.20 Å². The summed E-state index contributed by atoms with van der Waals surface area (Å²) in [6, 6.07) is 27.9.